The van der Waals surface area contributed by atoms with E-state index in [2.05, 4.69) is 6.08 Å². The lowest BCUT2D eigenvalue weighted by Gasteiger charge is -2.04. The molecule has 1 aromatic heterocycles. The highest BCUT2D eigenvalue weighted by molar-refractivity contribution is 5.87. The number of rotatable bonds is 1. The Hall–Kier alpha value is -2.81. The van der Waals surface area contributed by atoms with Crippen molar-refractivity contribution < 1.29 is 9.52 Å². The van der Waals surface area contributed by atoms with E-state index in [0.29, 0.717) is 23.2 Å². The maximum Gasteiger partial charge on any atom is 0.196 e. The van der Waals surface area contributed by atoms with Crippen molar-refractivity contribution in [2.24, 2.45) is 0 Å². The van der Waals surface area contributed by atoms with Crippen molar-refractivity contribution >= 4 is 22.6 Å². The Morgan fingerprint density at radius 2 is 1.86 bits per heavy atom. The first-order chi connectivity index (χ1) is 10.7. The summed E-state index contributed by atoms with van der Waals surface area (Å²) in [5.41, 5.74) is 3.30. The van der Waals surface area contributed by atoms with Crippen LogP contribution in [0.4, 0.5) is 0 Å². The Balaban J connectivity index is 1.93. The maximum absolute atomic E-state index is 12.6. The van der Waals surface area contributed by atoms with Gasteiger partial charge in [0.25, 0.3) is 0 Å². The minimum atomic E-state index is 0.00714. The summed E-state index contributed by atoms with van der Waals surface area (Å²) in [7, 11) is 0. The van der Waals surface area contributed by atoms with Crippen molar-refractivity contribution in [3.8, 4) is 5.75 Å². The normalized spacial score (nSPS) is 15.4. The molecule has 1 N–H and O–H groups in total. The van der Waals surface area contributed by atoms with Gasteiger partial charge >= 0.3 is 0 Å². The van der Waals surface area contributed by atoms with E-state index in [1.807, 2.05) is 30.3 Å². The Morgan fingerprint density at radius 1 is 1.05 bits per heavy atom. The van der Waals surface area contributed by atoms with Crippen LogP contribution in [-0.4, -0.2) is 5.11 Å². The number of phenols is 1. The third-order valence-electron chi connectivity index (χ3n) is 4.05. The molecule has 2 aromatic carbocycles. The van der Waals surface area contributed by atoms with Crippen LogP contribution in [0, 0.1) is 0 Å². The zero-order valence-corrected chi connectivity index (χ0v) is 11.9. The number of benzene rings is 2. The lowest BCUT2D eigenvalue weighted by molar-refractivity contribution is 0.473. The van der Waals surface area contributed by atoms with Crippen molar-refractivity contribution in [1.29, 1.82) is 0 Å². The second kappa shape index (κ2) is 4.88. The van der Waals surface area contributed by atoms with E-state index in [-0.39, 0.29) is 11.2 Å². The molecule has 0 saturated heterocycles. The summed E-state index contributed by atoms with van der Waals surface area (Å²) in [5.74, 6) is 0.758. The fraction of sp³-hybridized carbons (Fsp3) is 0.105. The van der Waals surface area contributed by atoms with Gasteiger partial charge in [0.05, 0.1) is 5.39 Å². The van der Waals surface area contributed by atoms with E-state index in [1.54, 1.807) is 6.07 Å². The molecule has 3 nitrogen and oxygen atoms in total. The van der Waals surface area contributed by atoms with E-state index in [0.717, 1.165) is 23.1 Å². The van der Waals surface area contributed by atoms with Gasteiger partial charge in [-0.2, -0.15) is 0 Å². The van der Waals surface area contributed by atoms with Crippen molar-refractivity contribution in [1.82, 2.24) is 0 Å². The molecule has 3 aromatic rings. The van der Waals surface area contributed by atoms with Crippen LogP contribution in [0.1, 0.15) is 23.3 Å². The largest absolute Gasteiger partial charge is 0.508 e. The van der Waals surface area contributed by atoms with Crippen molar-refractivity contribution in [2.45, 2.75) is 12.8 Å². The molecule has 3 heteroatoms. The van der Waals surface area contributed by atoms with Crippen LogP contribution in [0.15, 0.2) is 57.7 Å². The minimum Gasteiger partial charge on any atom is -0.508 e. The number of aromatic hydroxyl groups is 1. The van der Waals surface area contributed by atoms with Gasteiger partial charge in [-0.25, -0.2) is 0 Å². The van der Waals surface area contributed by atoms with Gasteiger partial charge in [0.2, 0.25) is 0 Å². The van der Waals surface area contributed by atoms with Crippen LogP contribution in [0.3, 0.4) is 0 Å². The molecule has 0 amide bonds. The first-order valence-corrected chi connectivity index (χ1v) is 7.27. The molecule has 4 rings (SSSR count). The lowest BCUT2D eigenvalue weighted by Crippen LogP contribution is -2.08. The van der Waals surface area contributed by atoms with Gasteiger partial charge < -0.3 is 9.52 Å². The number of allylic oxidation sites excluding steroid dienone is 1. The number of phenolic OH excluding ortho intramolecular Hbond substituents is 1. The van der Waals surface area contributed by atoms with Crippen LogP contribution in [0.25, 0.3) is 22.6 Å². The van der Waals surface area contributed by atoms with Gasteiger partial charge in [0.15, 0.2) is 5.43 Å². The molecule has 0 aliphatic heterocycles. The summed E-state index contributed by atoms with van der Waals surface area (Å²) < 4.78 is 5.92. The van der Waals surface area contributed by atoms with E-state index in [1.165, 1.54) is 12.1 Å². The van der Waals surface area contributed by atoms with Crippen LogP contribution in [-0.2, 0) is 6.42 Å². The van der Waals surface area contributed by atoms with Crippen molar-refractivity contribution in [2.75, 3.05) is 0 Å². The molecule has 1 aliphatic rings. The average molecular weight is 290 g/mol. The fourth-order valence-electron chi connectivity index (χ4n) is 2.97. The summed E-state index contributed by atoms with van der Waals surface area (Å²) in [5, 5.41) is 10.1. The Kier molecular flexibility index (Phi) is 2.86. The number of hydrogen-bond donors (Lipinski definition) is 1. The summed E-state index contributed by atoms with van der Waals surface area (Å²) in [6.07, 6.45) is 3.56. The van der Waals surface area contributed by atoms with Gasteiger partial charge in [-0.15, -0.1) is 0 Å². The van der Waals surface area contributed by atoms with Gasteiger partial charge in [0, 0.05) is 11.6 Å². The van der Waals surface area contributed by atoms with E-state index >= 15 is 0 Å². The van der Waals surface area contributed by atoms with Crippen LogP contribution < -0.4 is 5.43 Å². The Morgan fingerprint density at radius 3 is 2.68 bits per heavy atom. The number of fused-ring (bicyclic) bond motifs is 2. The molecule has 1 aliphatic carbocycles. The third kappa shape index (κ3) is 2.02. The first kappa shape index (κ1) is 12.9. The molecule has 108 valence electrons. The monoisotopic (exact) mass is 290 g/mol. The van der Waals surface area contributed by atoms with Crippen LogP contribution in [0.2, 0.25) is 0 Å². The van der Waals surface area contributed by atoms with E-state index < -0.39 is 0 Å². The van der Waals surface area contributed by atoms with Crippen molar-refractivity contribution in [3.05, 3.63) is 75.6 Å². The molecular formula is C19H14O3. The van der Waals surface area contributed by atoms with Gasteiger partial charge in [-0.1, -0.05) is 30.3 Å². The molecule has 0 bridgehead atoms. The second-order valence-corrected chi connectivity index (χ2v) is 5.50. The quantitative estimate of drug-likeness (QED) is 0.737. The molecule has 1 heterocycles. The number of hydrogen-bond acceptors (Lipinski definition) is 3. The fourth-order valence-corrected chi connectivity index (χ4v) is 2.97. The predicted octanol–water partition coefficient (Wildman–Crippen LogP) is 3.99. The Bertz CT molecular complexity index is 950. The highest BCUT2D eigenvalue weighted by Crippen LogP contribution is 2.34. The molecule has 0 fully saturated rings. The standard InChI is InChI=1S/C19H14O3/c20-14-7-9-15-17(11-14)22-19-13(6-8-16(19)18(15)21)10-12-4-2-1-3-5-12/h1-5,7,9-11,20H,6,8H2/b13-10+. The zero-order valence-electron chi connectivity index (χ0n) is 11.9. The van der Waals surface area contributed by atoms with E-state index in [9.17, 15) is 9.90 Å². The SMILES string of the molecule is O=c1c2c(oc3cc(O)ccc13)/C(=C/c1ccccc1)CC2. The van der Waals surface area contributed by atoms with Crippen molar-refractivity contribution in [3.63, 3.8) is 0 Å². The molecule has 22 heavy (non-hydrogen) atoms. The molecule has 0 radical (unpaired) electrons. The van der Waals surface area contributed by atoms with Gasteiger partial charge in [0.1, 0.15) is 17.1 Å². The summed E-state index contributed by atoms with van der Waals surface area (Å²) in [4.78, 5) is 12.6. The predicted molar refractivity (Wildman–Crippen MR) is 86.8 cm³/mol. The summed E-state index contributed by atoms with van der Waals surface area (Å²) in [6, 6.07) is 14.6. The van der Waals surface area contributed by atoms with Crippen LogP contribution >= 0.6 is 0 Å². The van der Waals surface area contributed by atoms with Crippen LogP contribution in [0.5, 0.6) is 5.75 Å². The van der Waals surface area contributed by atoms with Gasteiger partial charge in [-0.05, 0) is 42.2 Å². The highest BCUT2D eigenvalue weighted by Gasteiger charge is 2.23. The lowest BCUT2D eigenvalue weighted by atomic mass is 10.1. The molecule has 0 atom stereocenters. The third-order valence-corrected chi connectivity index (χ3v) is 4.05. The smallest absolute Gasteiger partial charge is 0.196 e. The first-order valence-electron chi connectivity index (χ1n) is 7.27. The maximum atomic E-state index is 12.6. The Labute approximate surface area is 127 Å². The molecule has 0 saturated carbocycles. The summed E-state index contributed by atoms with van der Waals surface area (Å²) in [6.45, 7) is 0. The molecule has 0 unspecified atom stereocenters. The summed E-state index contributed by atoms with van der Waals surface area (Å²) >= 11 is 0. The minimum absolute atomic E-state index is 0.00714. The highest BCUT2D eigenvalue weighted by atomic mass is 16.3. The molecule has 0 spiro atoms. The second-order valence-electron chi connectivity index (χ2n) is 5.50. The zero-order chi connectivity index (χ0) is 15.1. The van der Waals surface area contributed by atoms with Gasteiger partial charge in [-0.3, -0.25) is 4.79 Å². The van der Waals surface area contributed by atoms with E-state index in [4.69, 9.17) is 4.42 Å². The average Bonchev–Trinajstić information content (AvgIpc) is 2.91. The molecular weight excluding hydrogens is 276 g/mol. The topological polar surface area (TPSA) is 50.4 Å².